The number of ether oxygens (including phenoxy) is 2. The fourth-order valence-corrected chi connectivity index (χ4v) is 2.82. The van der Waals surface area contributed by atoms with Crippen LogP contribution in [-0.2, 0) is 9.53 Å². The van der Waals surface area contributed by atoms with Crippen LogP contribution < -0.4 is 15.4 Å². The summed E-state index contributed by atoms with van der Waals surface area (Å²) >= 11 is 0. The van der Waals surface area contributed by atoms with E-state index in [0.29, 0.717) is 31.0 Å². The highest BCUT2D eigenvalue weighted by atomic mass is 16.5. The molecule has 3 rings (SSSR count). The second-order valence-corrected chi connectivity index (χ2v) is 6.49. The molecule has 1 unspecified atom stereocenters. The lowest BCUT2D eigenvalue weighted by Gasteiger charge is -2.12. The zero-order valence-electron chi connectivity index (χ0n) is 15.4. The second-order valence-electron chi connectivity index (χ2n) is 6.49. The molecular formula is C21H24N2O4. The molecular weight excluding hydrogens is 344 g/mol. The average Bonchev–Trinajstić information content (AvgIpc) is 3.22. The third-order valence-corrected chi connectivity index (χ3v) is 4.29. The fraction of sp³-hybridized carbons (Fsp3) is 0.333. The van der Waals surface area contributed by atoms with Gasteiger partial charge in [-0.25, -0.2) is 0 Å². The van der Waals surface area contributed by atoms with Crippen LogP contribution in [0.15, 0.2) is 48.5 Å². The summed E-state index contributed by atoms with van der Waals surface area (Å²) in [5.41, 5.74) is 2.23. The monoisotopic (exact) mass is 368 g/mol. The number of carbonyl (C=O) groups excluding carboxylic acids is 2. The van der Waals surface area contributed by atoms with Crippen LogP contribution in [0.2, 0.25) is 0 Å². The molecule has 0 saturated carbocycles. The Morgan fingerprint density at radius 1 is 1.19 bits per heavy atom. The third kappa shape index (κ3) is 5.56. The van der Waals surface area contributed by atoms with Gasteiger partial charge in [-0.05, 0) is 50.1 Å². The molecule has 1 fully saturated rings. The number of benzene rings is 2. The van der Waals surface area contributed by atoms with Crippen molar-refractivity contribution in [1.29, 1.82) is 0 Å². The standard InChI is InChI=1S/C21H24N2O4/c1-15-7-9-18(10-8-15)26-13-11-22-20(24)16-4-2-5-17(14-16)23-21(25)19-6-3-12-27-19/h2,4-5,7-10,14,19H,3,6,11-13H2,1H3,(H,22,24)(H,23,25). The number of nitrogens with one attached hydrogen (secondary N) is 2. The number of aryl methyl sites for hydroxylation is 1. The number of amides is 2. The van der Waals surface area contributed by atoms with Gasteiger partial charge >= 0.3 is 0 Å². The fourth-order valence-electron chi connectivity index (χ4n) is 2.82. The van der Waals surface area contributed by atoms with Crippen molar-refractivity contribution in [2.24, 2.45) is 0 Å². The van der Waals surface area contributed by atoms with Crippen molar-refractivity contribution in [3.05, 3.63) is 59.7 Å². The van der Waals surface area contributed by atoms with Gasteiger partial charge in [0.1, 0.15) is 18.5 Å². The first-order valence-electron chi connectivity index (χ1n) is 9.12. The smallest absolute Gasteiger partial charge is 0.253 e. The molecule has 2 N–H and O–H groups in total. The lowest BCUT2D eigenvalue weighted by Crippen LogP contribution is -2.29. The van der Waals surface area contributed by atoms with Crippen molar-refractivity contribution >= 4 is 17.5 Å². The quantitative estimate of drug-likeness (QED) is 0.737. The van der Waals surface area contributed by atoms with Crippen LogP contribution >= 0.6 is 0 Å². The zero-order valence-corrected chi connectivity index (χ0v) is 15.4. The molecule has 0 aromatic heterocycles. The molecule has 0 radical (unpaired) electrons. The molecule has 6 heteroatoms. The number of carbonyl (C=O) groups is 2. The molecule has 1 atom stereocenters. The lowest BCUT2D eigenvalue weighted by atomic mass is 10.1. The van der Waals surface area contributed by atoms with Gasteiger partial charge in [0.25, 0.3) is 11.8 Å². The molecule has 1 saturated heterocycles. The van der Waals surface area contributed by atoms with Gasteiger partial charge in [0.15, 0.2) is 0 Å². The summed E-state index contributed by atoms with van der Waals surface area (Å²) in [6.45, 7) is 3.40. The van der Waals surface area contributed by atoms with Gasteiger partial charge in [0, 0.05) is 17.9 Å². The highest BCUT2D eigenvalue weighted by Gasteiger charge is 2.23. The van der Waals surface area contributed by atoms with Gasteiger partial charge in [-0.1, -0.05) is 23.8 Å². The maximum Gasteiger partial charge on any atom is 0.253 e. The maximum absolute atomic E-state index is 12.3. The summed E-state index contributed by atoms with van der Waals surface area (Å²) in [5, 5.41) is 5.62. The Morgan fingerprint density at radius 2 is 2.00 bits per heavy atom. The Labute approximate surface area is 158 Å². The second kappa shape index (κ2) is 9.19. The zero-order chi connectivity index (χ0) is 19.1. The van der Waals surface area contributed by atoms with E-state index in [1.54, 1.807) is 24.3 Å². The molecule has 27 heavy (non-hydrogen) atoms. The lowest BCUT2D eigenvalue weighted by molar-refractivity contribution is -0.124. The molecule has 2 amide bonds. The minimum absolute atomic E-state index is 0.170. The summed E-state index contributed by atoms with van der Waals surface area (Å²) < 4.78 is 11.0. The Bertz CT molecular complexity index is 783. The topological polar surface area (TPSA) is 76.7 Å². The van der Waals surface area contributed by atoms with E-state index in [-0.39, 0.29) is 11.8 Å². The minimum Gasteiger partial charge on any atom is -0.492 e. The van der Waals surface area contributed by atoms with Crippen LogP contribution in [0, 0.1) is 6.92 Å². The first-order chi connectivity index (χ1) is 13.1. The Morgan fingerprint density at radius 3 is 2.74 bits per heavy atom. The van der Waals surface area contributed by atoms with E-state index in [1.165, 1.54) is 5.56 Å². The third-order valence-electron chi connectivity index (χ3n) is 4.29. The number of hydrogen-bond acceptors (Lipinski definition) is 4. The Hall–Kier alpha value is -2.86. The summed E-state index contributed by atoms with van der Waals surface area (Å²) in [6.07, 6.45) is 1.22. The predicted octanol–water partition coefficient (Wildman–Crippen LogP) is 2.92. The highest BCUT2D eigenvalue weighted by molar-refractivity contribution is 5.98. The van der Waals surface area contributed by atoms with Crippen molar-refractivity contribution in [3.63, 3.8) is 0 Å². The summed E-state index contributed by atoms with van der Waals surface area (Å²) in [6, 6.07) is 14.6. The van der Waals surface area contributed by atoms with Crippen LogP contribution in [0.1, 0.15) is 28.8 Å². The molecule has 1 aliphatic rings. The first kappa shape index (κ1) is 18.9. The van der Waals surface area contributed by atoms with Crippen LogP contribution in [0.25, 0.3) is 0 Å². The molecule has 142 valence electrons. The van der Waals surface area contributed by atoms with Gasteiger partial charge in [-0.3, -0.25) is 9.59 Å². The number of anilines is 1. The SMILES string of the molecule is Cc1ccc(OCCNC(=O)c2cccc(NC(=O)C3CCCO3)c2)cc1. The van der Waals surface area contributed by atoms with E-state index < -0.39 is 6.10 Å². The van der Waals surface area contributed by atoms with Gasteiger partial charge in [-0.15, -0.1) is 0 Å². The van der Waals surface area contributed by atoms with Crippen molar-refractivity contribution in [2.75, 3.05) is 25.1 Å². The van der Waals surface area contributed by atoms with Gasteiger partial charge in [0.05, 0.1) is 6.54 Å². The molecule has 0 aliphatic carbocycles. The van der Waals surface area contributed by atoms with Crippen LogP contribution in [0.5, 0.6) is 5.75 Å². The maximum atomic E-state index is 12.3. The van der Waals surface area contributed by atoms with Crippen LogP contribution in [0.4, 0.5) is 5.69 Å². The molecule has 6 nitrogen and oxygen atoms in total. The van der Waals surface area contributed by atoms with Gasteiger partial charge in [-0.2, -0.15) is 0 Å². The van der Waals surface area contributed by atoms with Crippen molar-refractivity contribution in [2.45, 2.75) is 25.9 Å². The van der Waals surface area contributed by atoms with Crippen LogP contribution in [-0.4, -0.2) is 37.7 Å². The van der Waals surface area contributed by atoms with Crippen molar-refractivity contribution < 1.29 is 19.1 Å². The molecule has 1 heterocycles. The van der Waals surface area contributed by atoms with E-state index in [2.05, 4.69) is 10.6 Å². The first-order valence-corrected chi connectivity index (χ1v) is 9.12. The largest absolute Gasteiger partial charge is 0.492 e. The molecule has 1 aliphatic heterocycles. The average molecular weight is 368 g/mol. The summed E-state index contributed by atoms with van der Waals surface area (Å²) in [7, 11) is 0. The number of hydrogen-bond donors (Lipinski definition) is 2. The molecule has 0 spiro atoms. The Balaban J connectivity index is 1.46. The molecule has 2 aromatic carbocycles. The molecule has 0 bridgehead atoms. The van der Waals surface area contributed by atoms with Gasteiger partial charge < -0.3 is 20.1 Å². The van der Waals surface area contributed by atoms with E-state index in [9.17, 15) is 9.59 Å². The van der Waals surface area contributed by atoms with E-state index in [0.717, 1.165) is 18.6 Å². The van der Waals surface area contributed by atoms with E-state index in [1.807, 2.05) is 31.2 Å². The molecule has 2 aromatic rings. The normalized spacial score (nSPS) is 16.0. The van der Waals surface area contributed by atoms with Crippen LogP contribution in [0.3, 0.4) is 0 Å². The van der Waals surface area contributed by atoms with Crippen molar-refractivity contribution in [3.8, 4) is 5.75 Å². The summed E-state index contributed by atoms with van der Waals surface area (Å²) in [5.74, 6) is 0.390. The summed E-state index contributed by atoms with van der Waals surface area (Å²) in [4.78, 5) is 24.4. The number of rotatable bonds is 7. The predicted molar refractivity (Wildman–Crippen MR) is 103 cm³/mol. The van der Waals surface area contributed by atoms with E-state index >= 15 is 0 Å². The Kier molecular flexibility index (Phi) is 6.44. The highest BCUT2D eigenvalue weighted by Crippen LogP contribution is 2.16. The minimum atomic E-state index is -0.401. The van der Waals surface area contributed by atoms with E-state index in [4.69, 9.17) is 9.47 Å². The van der Waals surface area contributed by atoms with Crippen molar-refractivity contribution in [1.82, 2.24) is 5.32 Å². The van der Waals surface area contributed by atoms with Gasteiger partial charge in [0.2, 0.25) is 0 Å².